The molecule has 0 spiro atoms. The molecule has 40 heavy (non-hydrogen) atoms. The Morgan fingerprint density at radius 3 is 2.12 bits per heavy atom. The van der Waals surface area contributed by atoms with Gasteiger partial charge < -0.3 is 0 Å². The number of fused-ring (bicyclic) bond motifs is 6. The summed E-state index contributed by atoms with van der Waals surface area (Å²) in [7, 11) is 0. The van der Waals surface area contributed by atoms with Crippen LogP contribution in [0.3, 0.4) is 0 Å². The minimum absolute atomic E-state index is 0.251. The van der Waals surface area contributed by atoms with Crippen LogP contribution in [-0.4, -0.2) is 4.98 Å². The fraction of sp³-hybridized carbons (Fsp3) is 0.194. The first kappa shape index (κ1) is 26.1. The van der Waals surface area contributed by atoms with Crippen LogP contribution >= 0.6 is 0 Å². The smallest absolute Gasteiger partial charge is 0.256 e. The molecular weight excluding hydrogens is 503 g/mol. The number of nitrogens with zero attached hydrogens (tertiary/aromatic N) is 1. The first-order chi connectivity index (χ1) is 19.2. The third-order valence-electron chi connectivity index (χ3n) is 8.01. The molecule has 0 aliphatic heterocycles. The largest absolute Gasteiger partial charge is 0.416 e. The normalized spacial score (nSPS) is 14.5. The van der Waals surface area contributed by atoms with Gasteiger partial charge in [-0.3, -0.25) is 4.98 Å². The van der Waals surface area contributed by atoms with E-state index in [1.54, 1.807) is 12.1 Å². The first-order valence-electron chi connectivity index (χ1n) is 13.6. The average molecular weight is 534 g/mol. The van der Waals surface area contributed by atoms with Crippen molar-refractivity contribution >= 4 is 32.4 Å². The van der Waals surface area contributed by atoms with Gasteiger partial charge in [0.25, 0.3) is 0 Å². The number of hydrogen-bond donors (Lipinski definition) is 0. The highest BCUT2D eigenvalue weighted by Crippen LogP contribution is 2.42. The zero-order chi connectivity index (χ0) is 27.9. The molecule has 6 aromatic rings. The maximum atomic E-state index is 13.0. The van der Waals surface area contributed by atoms with Gasteiger partial charge >= 0.3 is 6.18 Å². The maximum Gasteiger partial charge on any atom is 0.416 e. The van der Waals surface area contributed by atoms with Crippen LogP contribution in [0.25, 0.3) is 43.6 Å². The predicted molar refractivity (Wildman–Crippen MR) is 159 cm³/mol. The van der Waals surface area contributed by atoms with Crippen LogP contribution in [0.1, 0.15) is 37.0 Å². The van der Waals surface area contributed by atoms with Crippen molar-refractivity contribution in [3.63, 3.8) is 0 Å². The van der Waals surface area contributed by atoms with Crippen molar-refractivity contribution in [2.75, 3.05) is 0 Å². The molecule has 7 rings (SSSR count). The molecule has 0 bridgehead atoms. The first-order valence-corrected chi connectivity index (χ1v) is 13.6. The van der Waals surface area contributed by atoms with Gasteiger partial charge in [0, 0.05) is 11.6 Å². The highest BCUT2D eigenvalue weighted by Gasteiger charge is 2.30. The topological polar surface area (TPSA) is 12.9 Å². The van der Waals surface area contributed by atoms with Crippen molar-refractivity contribution in [3.8, 4) is 11.1 Å². The molecule has 1 aliphatic rings. The van der Waals surface area contributed by atoms with E-state index >= 15 is 0 Å². The molecule has 200 valence electrons. The van der Waals surface area contributed by atoms with Crippen LogP contribution in [0, 0.1) is 5.41 Å². The van der Waals surface area contributed by atoms with Crippen molar-refractivity contribution in [1.29, 1.82) is 0 Å². The molecule has 0 N–H and O–H groups in total. The minimum Gasteiger partial charge on any atom is -0.256 e. The van der Waals surface area contributed by atoms with E-state index < -0.39 is 11.7 Å². The second-order valence-corrected chi connectivity index (χ2v) is 11.4. The molecular formula is C36H30F3N. The number of aryl methyl sites for hydroxylation is 1. The Kier molecular flexibility index (Phi) is 6.58. The van der Waals surface area contributed by atoms with Crippen LogP contribution in [0.15, 0.2) is 109 Å². The van der Waals surface area contributed by atoms with Crippen molar-refractivity contribution in [2.24, 2.45) is 5.41 Å². The van der Waals surface area contributed by atoms with Gasteiger partial charge in [-0.15, -0.1) is 0 Å². The summed E-state index contributed by atoms with van der Waals surface area (Å²) in [4.78, 5) is 4.18. The van der Waals surface area contributed by atoms with Crippen LogP contribution in [0.2, 0.25) is 0 Å². The van der Waals surface area contributed by atoms with Crippen molar-refractivity contribution < 1.29 is 13.2 Å². The number of hydrogen-bond acceptors (Lipinski definition) is 1. The zero-order valence-electron chi connectivity index (χ0n) is 22.6. The monoisotopic (exact) mass is 533 g/mol. The Morgan fingerprint density at radius 2 is 1.38 bits per heavy atom. The van der Waals surface area contributed by atoms with Gasteiger partial charge in [0.1, 0.15) is 0 Å². The molecule has 5 aromatic carbocycles. The molecule has 1 nitrogen and oxygen atoms in total. The van der Waals surface area contributed by atoms with Gasteiger partial charge in [-0.25, -0.2) is 0 Å². The Hall–Kier alpha value is -4.18. The lowest BCUT2D eigenvalue weighted by atomic mass is 9.72. The van der Waals surface area contributed by atoms with Crippen LogP contribution in [0.4, 0.5) is 13.2 Å². The number of halogens is 3. The highest BCUT2D eigenvalue weighted by molar-refractivity contribution is 6.14. The zero-order valence-corrected chi connectivity index (χ0v) is 22.6. The van der Waals surface area contributed by atoms with E-state index in [1.807, 2.05) is 42.6 Å². The molecule has 1 aromatic heterocycles. The van der Waals surface area contributed by atoms with Crippen molar-refractivity contribution in [3.05, 3.63) is 126 Å². The Bertz CT molecular complexity index is 1770. The van der Waals surface area contributed by atoms with Crippen LogP contribution in [-0.2, 0) is 19.0 Å². The van der Waals surface area contributed by atoms with Crippen molar-refractivity contribution in [1.82, 2.24) is 4.98 Å². The second kappa shape index (κ2) is 10.1. The van der Waals surface area contributed by atoms with Gasteiger partial charge in [0.05, 0.1) is 11.1 Å². The number of pyridine rings is 1. The van der Waals surface area contributed by atoms with Gasteiger partial charge in [-0.05, 0) is 98.8 Å². The fourth-order valence-electron chi connectivity index (χ4n) is 5.86. The number of benzene rings is 5. The van der Waals surface area contributed by atoms with E-state index in [2.05, 4.69) is 61.3 Å². The van der Waals surface area contributed by atoms with Crippen LogP contribution in [0.5, 0.6) is 0 Å². The fourth-order valence-corrected chi connectivity index (χ4v) is 5.86. The van der Waals surface area contributed by atoms with E-state index in [-0.39, 0.29) is 5.41 Å². The van der Waals surface area contributed by atoms with E-state index in [9.17, 15) is 13.2 Å². The van der Waals surface area contributed by atoms with Crippen LogP contribution < -0.4 is 0 Å². The molecule has 0 unspecified atom stereocenters. The van der Waals surface area contributed by atoms with E-state index in [1.165, 1.54) is 45.8 Å². The summed E-state index contributed by atoms with van der Waals surface area (Å²) in [6.45, 7) is 4.62. The number of alkyl halides is 3. The molecule has 0 fully saturated rings. The molecule has 1 heterocycles. The van der Waals surface area contributed by atoms with Gasteiger partial charge in [-0.1, -0.05) is 86.6 Å². The highest BCUT2D eigenvalue weighted by atomic mass is 19.4. The second-order valence-electron chi connectivity index (χ2n) is 11.4. The van der Waals surface area contributed by atoms with Gasteiger partial charge in [-0.2, -0.15) is 13.2 Å². The molecule has 1 aliphatic carbocycles. The number of aromatic nitrogens is 1. The summed E-state index contributed by atoms with van der Waals surface area (Å²) < 4.78 is 39.1. The SMILES string of the molecule is CC1(C)CCc2ccc3c(cc(-c4ccc(C(F)(F)F)cc4)c4ccccc43)c2C1.c1ccc2ncccc2c1. The summed E-state index contributed by atoms with van der Waals surface area (Å²) in [5, 5.41) is 5.87. The molecule has 0 saturated carbocycles. The van der Waals surface area contributed by atoms with Gasteiger partial charge in [0.15, 0.2) is 0 Å². The Morgan fingerprint density at radius 1 is 0.700 bits per heavy atom. The lowest BCUT2D eigenvalue weighted by Gasteiger charge is -2.32. The third kappa shape index (κ3) is 5.06. The average Bonchev–Trinajstić information content (AvgIpc) is 2.96. The van der Waals surface area contributed by atoms with E-state index in [0.717, 1.165) is 40.3 Å². The predicted octanol–water partition coefficient (Wildman–Crippen LogP) is 10.4. The number of para-hydroxylation sites is 1. The van der Waals surface area contributed by atoms with E-state index in [0.29, 0.717) is 0 Å². The standard InChI is InChI=1S/C27H23F3.C9H7N/c1-26(2)14-13-18-9-12-22-20-5-3-4-6-21(20)23(15-24(22)25(18)16-26)17-7-10-19(11-8-17)27(28,29)30;1-2-6-9-8(4-1)5-3-7-10-9/h3-12,15H,13-14,16H2,1-2H3;1-7H. The van der Waals surface area contributed by atoms with E-state index in [4.69, 9.17) is 0 Å². The maximum absolute atomic E-state index is 13.0. The van der Waals surface area contributed by atoms with Gasteiger partial charge in [0.2, 0.25) is 0 Å². The summed E-state index contributed by atoms with van der Waals surface area (Å²) in [5.74, 6) is 0. The summed E-state index contributed by atoms with van der Waals surface area (Å²) in [6.07, 6.45) is 0.743. The molecule has 0 saturated heterocycles. The molecule has 0 amide bonds. The Labute approximate surface area is 232 Å². The number of rotatable bonds is 1. The Balaban J connectivity index is 0.000000242. The third-order valence-corrected chi connectivity index (χ3v) is 8.01. The summed E-state index contributed by atoms with van der Waals surface area (Å²) in [6, 6.07) is 32.5. The summed E-state index contributed by atoms with van der Waals surface area (Å²) >= 11 is 0. The lowest BCUT2D eigenvalue weighted by Crippen LogP contribution is -2.22. The minimum atomic E-state index is -4.32. The quantitative estimate of drug-likeness (QED) is 0.192. The summed E-state index contributed by atoms with van der Waals surface area (Å²) in [5.41, 5.74) is 5.29. The lowest BCUT2D eigenvalue weighted by molar-refractivity contribution is -0.137. The molecule has 4 heteroatoms. The van der Waals surface area contributed by atoms with Crippen molar-refractivity contribution in [2.45, 2.75) is 39.3 Å². The molecule has 0 radical (unpaired) electrons. The molecule has 0 atom stereocenters.